The fraction of sp³-hybridized carbons (Fsp3) is 0.308. The number of halogens is 2. The summed E-state index contributed by atoms with van der Waals surface area (Å²) in [7, 11) is 0. The molecule has 0 fully saturated rings. The van der Waals surface area contributed by atoms with Crippen LogP contribution in [0.4, 0.5) is 8.78 Å². The minimum absolute atomic E-state index is 0.0341. The summed E-state index contributed by atoms with van der Waals surface area (Å²) >= 11 is 0. The molecule has 0 spiro atoms. The normalized spacial score (nSPS) is 12.5. The lowest BCUT2D eigenvalue weighted by Gasteiger charge is -2.18. The highest BCUT2D eigenvalue weighted by Crippen LogP contribution is 2.33. The highest BCUT2D eigenvalue weighted by molar-refractivity contribution is 5.62. The Labute approximate surface area is 202 Å². The van der Waals surface area contributed by atoms with E-state index in [1.807, 2.05) is 39.0 Å². The Bertz CT molecular complexity index is 1300. The minimum Gasteiger partial charge on any atom is -0.394 e. The van der Waals surface area contributed by atoms with Gasteiger partial charge < -0.3 is 10.2 Å². The maximum absolute atomic E-state index is 14.3. The van der Waals surface area contributed by atoms with Gasteiger partial charge in [0.1, 0.15) is 11.6 Å². The number of hydrogen-bond donors (Lipinski definition) is 2. The van der Waals surface area contributed by atoms with Crippen LogP contribution in [0.3, 0.4) is 0 Å². The van der Waals surface area contributed by atoms with E-state index >= 15 is 0 Å². The highest BCUT2D eigenvalue weighted by atomic mass is 19.1. The van der Waals surface area contributed by atoms with Gasteiger partial charge in [-0.1, -0.05) is 32.9 Å². The van der Waals surface area contributed by atoms with Crippen LogP contribution in [0.15, 0.2) is 54.9 Å². The SMILES string of the molecule is CC(C)c1cc(-c2c(F)cccc2F)nnc1C(C)c1cccc(-c2cnn(C(CO)CO)c2)n1. The van der Waals surface area contributed by atoms with Gasteiger partial charge in [0.2, 0.25) is 0 Å². The van der Waals surface area contributed by atoms with E-state index in [4.69, 9.17) is 4.98 Å². The molecule has 1 atom stereocenters. The third-order valence-electron chi connectivity index (χ3n) is 6.01. The molecule has 0 amide bonds. The van der Waals surface area contributed by atoms with Crippen molar-refractivity contribution in [2.45, 2.75) is 38.6 Å². The van der Waals surface area contributed by atoms with Crippen molar-refractivity contribution < 1.29 is 19.0 Å². The van der Waals surface area contributed by atoms with Crippen molar-refractivity contribution in [3.05, 3.63) is 83.4 Å². The van der Waals surface area contributed by atoms with Gasteiger partial charge in [-0.15, -0.1) is 0 Å². The average Bonchev–Trinajstić information content (AvgIpc) is 3.34. The van der Waals surface area contributed by atoms with Crippen LogP contribution >= 0.6 is 0 Å². The number of benzene rings is 1. The van der Waals surface area contributed by atoms with Gasteiger partial charge in [-0.25, -0.2) is 8.78 Å². The van der Waals surface area contributed by atoms with Crippen molar-refractivity contribution in [1.82, 2.24) is 25.0 Å². The van der Waals surface area contributed by atoms with E-state index in [0.29, 0.717) is 11.4 Å². The van der Waals surface area contributed by atoms with E-state index in [-0.39, 0.29) is 36.3 Å². The molecule has 4 rings (SSSR count). The molecule has 7 nitrogen and oxygen atoms in total. The average molecular weight is 480 g/mol. The summed E-state index contributed by atoms with van der Waals surface area (Å²) in [5.41, 5.74) is 3.64. The minimum atomic E-state index is -0.686. The molecule has 0 radical (unpaired) electrons. The number of aliphatic hydroxyl groups is 2. The lowest BCUT2D eigenvalue weighted by Crippen LogP contribution is -2.17. The lowest BCUT2D eigenvalue weighted by molar-refractivity contribution is 0.146. The van der Waals surface area contributed by atoms with Gasteiger partial charge in [-0.05, 0) is 41.8 Å². The molecule has 0 bridgehead atoms. The second-order valence-electron chi connectivity index (χ2n) is 8.72. The molecule has 35 heavy (non-hydrogen) atoms. The topological polar surface area (TPSA) is 97.0 Å². The fourth-order valence-corrected chi connectivity index (χ4v) is 3.97. The lowest BCUT2D eigenvalue weighted by atomic mass is 9.91. The van der Waals surface area contributed by atoms with Crippen LogP contribution in [0.5, 0.6) is 0 Å². The fourth-order valence-electron chi connectivity index (χ4n) is 3.97. The number of aromatic nitrogens is 5. The summed E-state index contributed by atoms with van der Waals surface area (Å²) in [5, 5.41) is 31.6. The first-order valence-corrected chi connectivity index (χ1v) is 11.4. The smallest absolute Gasteiger partial charge is 0.135 e. The molecule has 1 aromatic carbocycles. The van der Waals surface area contributed by atoms with Gasteiger partial charge >= 0.3 is 0 Å². The zero-order chi connectivity index (χ0) is 25.1. The van der Waals surface area contributed by atoms with Gasteiger partial charge in [0, 0.05) is 23.4 Å². The Morgan fingerprint density at radius 3 is 2.26 bits per heavy atom. The summed E-state index contributed by atoms with van der Waals surface area (Å²) < 4.78 is 30.2. The Balaban J connectivity index is 1.70. The largest absolute Gasteiger partial charge is 0.394 e. The Hall–Kier alpha value is -3.56. The molecule has 4 aromatic rings. The first-order chi connectivity index (χ1) is 16.8. The van der Waals surface area contributed by atoms with Crippen molar-refractivity contribution in [2.24, 2.45) is 0 Å². The number of hydrogen-bond acceptors (Lipinski definition) is 6. The molecule has 0 aliphatic rings. The predicted octanol–water partition coefficient (Wildman–Crippen LogP) is 4.48. The zero-order valence-electron chi connectivity index (χ0n) is 19.7. The monoisotopic (exact) mass is 479 g/mol. The number of rotatable bonds is 8. The zero-order valence-corrected chi connectivity index (χ0v) is 19.7. The first kappa shape index (κ1) is 24.6. The van der Waals surface area contributed by atoms with E-state index in [1.165, 1.54) is 22.9 Å². The molecule has 0 aliphatic carbocycles. The summed E-state index contributed by atoms with van der Waals surface area (Å²) in [6.45, 7) is 5.48. The second-order valence-corrected chi connectivity index (χ2v) is 8.72. The van der Waals surface area contributed by atoms with Gasteiger partial charge in [0.25, 0.3) is 0 Å². The van der Waals surface area contributed by atoms with Crippen LogP contribution in [0, 0.1) is 11.6 Å². The molecule has 3 aromatic heterocycles. The van der Waals surface area contributed by atoms with E-state index in [1.54, 1.807) is 18.5 Å². The Morgan fingerprint density at radius 1 is 0.914 bits per heavy atom. The van der Waals surface area contributed by atoms with Crippen LogP contribution in [0.1, 0.15) is 55.6 Å². The summed E-state index contributed by atoms with van der Waals surface area (Å²) in [4.78, 5) is 4.79. The van der Waals surface area contributed by atoms with Crippen molar-refractivity contribution in [3.8, 4) is 22.5 Å². The second kappa shape index (κ2) is 10.4. The predicted molar refractivity (Wildman–Crippen MR) is 128 cm³/mol. The summed E-state index contributed by atoms with van der Waals surface area (Å²) in [6, 6.07) is 10.5. The molecule has 9 heteroatoms. The number of nitrogens with zero attached hydrogens (tertiary/aromatic N) is 5. The van der Waals surface area contributed by atoms with Crippen LogP contribution in [-0.4, -0.2) is 48.4 Å². The van der Waals surface area contributed by atoms with Crippen molar-refractivity contribution >= 4 is 0 Å². The van der Waals surface area contributed by atoms with Crippen molar-refractivity contribution in [3.63, 3.8) is 0 Å². The van der Waals surface area contributed by atoms with Gasteiger partial charge in [0.05, 0.1) is 48.1 Å². The van der Waals surface area contributed by atoms with Crippen LogP contribution in [0.25, 0.3) is 22.5 Å². The Kier molecular flexibility index (Phi) is 7.28. The van der Waals surface area contributed by atoms with Gasteiger partial charge in [0.15, 0.2) is 0 Å². The highest BCUT2D eigenvalue weighted by Gasteiger charge is 2.22. The van der Waals surface area contributed by atoms with Crippen LogP contribution < -0.4 is 0 Å². The quantitative estimate of drug-likeness (QED) is 0.387. The van der Waals surface area contributed by atoms with E-state index in [9.17, 15) is 19.0 Å². The molecule has 0 saturated heterocycles. The summed E-state index contributed by atoms with van der Waals surface area (Å²) in [5.74, 6) is -1.58. The van der Waals surface area contributed by atoms with Crippen LogP contribution in [-0.2, 0) is 0 Å². The maximum Gasteiger partial charge on any atom is 0.135 e. The molecule has 0 aliphatic heterocycles. The van der Waals surface area contributed by atoms with E-state index < -0.39 is 17.7 Å². The van der Waals surface area contributed by atoms with Gasteiger partial charge in [-0.2, -0.15) is 15.3 Å². The molecule has 0 saturated carbocycles. The van der Waals surface area contributed by atoms with Crippen LogP contribution in [0.2, 0.25) is 0 Å². The number of pyridine rings is 1. The van der Waals surface area contributed by atoms with Gasteiger partial charge in [-0.3, -0.25) is 9.67 Å². The Morgan fingerprint density at radius 2 is 1.60 bits per heavy atom. The number of aliphatic hydroxyl groups excluding tert-OH is 2. The molecule has 182 valence electrons. The van der Waals surface area contributed by atoms with E-state index in [2.05, 4.69) is 15.3 Å². The maximum atomic E-state index is 14.3. The summed E-state index contributed by atoms with van der Waals surface area (Å²) in [6.07, 6.45) is 3.36. The molecule has 3 heterocycles. The molecular weight excluding hydrogens is 452 g/mol. The molecule has 1 unspecified atom stereocenters. The molecular formula is C26H27F2N5O2. The first-order valence-electron chi connectivity index (χ1n) is 11.4. The third-order valence-corrected chi connectivity index (χ3v) is 6.01. The molecule has 2 N–H and O–H groups in total. The van der Waals surface area contributed by atoms with E-state index in [0.717, 1.165) is 16.8 Å². The third kappa shape index (κ3) is 4.96. The van der Waals surface area contributed by atoms with Crippen molar-refractivity contribution in [1.29, 1.82) is 0 Å². The standard InChI is InChI=1S/C26H27F2N5O2/c1-15(2)19-10-24(25-20(27)6-4-7-21(25)28)31-32-26(19)16(3)22-8-5-9-23(30-22)17-11-29-33(12-17)18(13-34)14-35/h4-12,15-16,18,34-35H,13-14H2,1-3H3. The van der Waals surface area contributed by atoms with Crippen molar-refractivity contribution in [2.75, 3.05) is 13.2 Å².